The minimum atomic E-state index is -0.113. The standard InChI is InChI=1S/C22H26N4O2/c1-22(2,3)18-10-8-17(9-11-18)21(27)24-13-12-19-25-20(26-28-19)16-6-4-15(14-23)5-7-16/h4-11H,12-14,23H2,1-3H3,(H,24,27). The van der Waals surface area contributed by atoms with Crippen LogP contribution in [0.5, 0.6) is 0 Å². The molecule has 0 radical (unpaired) electrons. The zero-order valence-corrected chi connectivity index (χ0v) is 16.5. The van der Waals surface area contributed by atoms with E-state index in [2.05, 4.69) is 36.2 Å². The van der Waals surface area contributed by atoms with Gasteiger partial charge in [0, 0.05) is 30.6 Å². The Balaban J connectivity index is 1.53. The molecule has 3 aromatic rings. The Morgan fingerprint density at radius 1 is 1.07 bits per heavy atom. The first-order valence-electron chi connectivity index (χ1n) is 9.37. The number of rotatable bonds is 6. The molecule has 1 heterocycles. The molecule has 146 valence electrons. The second-order valence-electron chi connectivity index (χ2n) is 7.75. The summed E-state index contributed by atoms with van der Waals surface area (Å²) in [7, 11) is 0. The van der Waals surface area contributed by atoms with Gasteiger partial charge in [-0.2, -0.15) is 4.98 Å². The normalized spacial score (nSPS) is 11.4. The van der Waals surface area contributed by atoms with E-state index in [-0.39, 0.29) is 11.3 Å². The summed E-state index contributed by atoms with van der Waals surface area (Å²) in [6.45, 7) is 7.36. The third-order valence-electron chi connectivity index (χ3n) is 4.55. The van der Waals surface area contributed by atoms with Crippen molar-refractivity contribution in [2.24, 2.45) is 5.73 Å². The Hall–Kier alpha value is -2.99. The highest BCUT2D eigenvalue weighted by Crippen LogP contribution is 2.22. The van der Waals surface area contributed by atoms with Gasteiger partial charge >= 0.3 is 0 Å². The molecular formula is C22H26N4O2. The zero-order valence-electron chi connectivity index (χ0n) is 16.5. The first-order chi connectivity index (χ1) is 13.4. The van der Waals surface area contributed by atoms with Gasteiger partial charge in [-0.3, -0.25) is 4.79 Å². The van der Waals surface area contributed by atoms with Crippen molar-refractivity contribution in [1.29, 1.82) is 0 Å². The smallest absolute Gasteiger partial charge is 0.251 e. The van der Waals surface area contributed by atoms with Crippen molar-refractivity contribution in [3.63, 3.8) is 0 Å². The Morgan fingerprint density at radius 3 is 2.36 bits per heavy atom. The van der Waals surface area contributed by atoms with Gasteiger partial charge < -0.3 is 15.6 Å². The molecule has 0 aliphatic rings. The van der Waals surface area contributed by atoms with Crippen LogP contribution in [0, 0.1) is 0 Å². The quantitative estimate of drug-likeness (QED) is 0.685. The molecule has 0 unspecified atom stereocenters. The number of nitrogens with two attached hydrogens (primary N) is 1. The van der Waals surface area contributed by atoms with Crippen LogP contribution in [0.1, 0.15) is 48.1 Å². The maximum absolute atomic E-state index is 12.3. The Kier molecular flexibility index (Phi) is 5.90. The van der Waals surface area contributed by atoms with Gasteiger partial charge in [0.2, 0.25) is 11.7 Å². The molecule has 0 saturated heterocycles. The third-order valence-corrected chi connectivity index (χ3v) is 4.55. The van der Waals surface area contributed by atoms with E-state index in [1.165, 1.54) is 5.56 Å². The fraction of sp³-hybridized carbons (Fsp3) is 0.318. The number of carbonyl (C=O) groups excluding carboxylic acids is 1. The van der Waals surface area contributed by atoms with E-state index >= 15 is 0 Å². The SMILES string of the molecule is CC(C)(C)c1ccc(C(=O)NCCc2nc(-c3ccc(CN)cc3)no2)cc1. The van der Waals surface area contributed by atoms with Gasteiger partial charge in [-0.15, -0.1) is 0 Å². The minimum absolute atomic E-state index is 0.0648. The number of nitrogens with one attached hydrogen (secondary N) is 1. The summed E-state index contributed by atoms with van der Waals surface area (Å²) < 4.78 is 5.28. The van der Waals surface area contributed by atoms with Gasteiger partial charge in [0.1, 0.15) is 0 Å². The predicted octanol–water partition coefficient (Wildman–Crippen LogP) is 3.47. The molecule has 0 fully saturated rings. The van der Waals surface area contributed by atoms with Crippen LogP contribution in [0.4, 0.5) is 0 Å². The van der Waals surface area contributed by atoms with Crippen LogP contribution in [0.25, 0.3) is 11.4 Å². The van der Waals surface area contributed by atoms with Crippen LogP contribution >= 0.6 is 0 Å². The second-order valence-corrected chi connectivity index (χ2v) is 7.75. The van der Waals surface area contributed by atoms with E-state index in [1.807, 2.05) is 48.5 Å². The number of hydrogen-bond donors (Lipinski definition) is 2. The highest BCUT2D eigenvalue weighted by molar-refractivity contribution is 5.94. The third kappa shape index (κ3) is 4.84. The number of hydrogen-bond acceptors (Lipinski definition) is 5. The molecule has 0 saturated carbocycles. The molecule has 3 N–H and O–H groups in total. The number of amides is 1. The molecule has 2 aromatic carbocycles. The predicted molar refractivity (Wildman–Crippen MR) is 109 cm³/mol. The lowest BCUT2D eigenvalue weighted by atomic mass is 9.87. The Morgan fingerprint density at radius 2 is 1.75 bits per heavy atom. The molecule has 3 rings (SSSR count). The van der Waals surface area contributed by atoms with Crippen LogP contribution in [-0.2, 0) is 18.4 Å². The number of carbonyl (C=O) groups is 1. The average molecular weight is 378 g/mol. The Labute approximate surface area is 165 Å². The summed E-state index contributed by atoms with van der Waals surface area (Å²) in [5.74, 6) is 0.904. The summed E-state index contributed by atoms with van der Waals surface area (Å²) in [5.41, 5.74) is 9.42. The van der Waals surface area contributed by atoms with Crippen molar-refractivity contribution in [3.05, 3.63) is 71.1 Å². The van der Waals surface area contributed by atoms with Crippen LogP contribution in [0.3, 0.4) is 0 Å². The highest BCUT2D eigenvalue weighted by Gasteiger charge is 2.14. The fourth-order valence-electron chi connectivity index (χ4n) is 2.77. The maximum atomic E-state index is 12.3. The monoisotopic (exact) mass is 378 g/mol. The van der Waals surface area contributed by atoms with E-state index in [0.717, 1.165) is 11.1 Å². The van der Waals surface area contributed by atoms with Crippen LogP contribution < -0.4 is 11.1 Å². The van der Waals surface area contributed by atoms with Crippen molar-refractivity contribution in [2.75, 3.05) is 6.54 Å². The lowest BCUT2D eigenvalue weighted by Gasteiger charge is -2.19. The van der Waals surface area contributed by atoms with Crippen molar-refractivity contribution in [3.8, 4) is 11.4 Å². The van der Waals surface area contributed by atoms with Crippen molar-refractivity contribution in [1.82, 2.24) is 15.5 Å². The van der Waals surface area contributed by atoms with Crippen LogP contribution in [0.15, 0.2) is 53.1 Å². The molecule has 1 amide bonds. The lowest BCUT2D eigenvalue weighted by Crippen LogP contribution is -2.25. The fourth-order valence-corrected chi connectivity index (χ4v) is 2.77. The summed E-state index contributed by atoms with van der Waals surface area (Å²) in [4.78, 5) is 16.7. The highest BCUT2D eigenvalue weighted by atomic mass is 16.5. The van der Waals surface area contributed by atoms with E-state index < -0.39 is 0 Å². The van der Waals surface area contributed by atoms with Crippen molar-refractivity contribution < 1.29 is 9.32 Å². The van der Waals surface area contributed by atoms with Gasteiger partial charge in [-0.05, 0) is 28.7 Å². The van der Waals surface area contributed by atoms with Crippen LogP contribution in [-0.4, -0.2) is 22.6 Å². The van der Waals surface area contributed by atoms with E-state index in [0.29, 0.717) is 36.8 Å². The van der Waals surface area contributed by atoms with Gasteiger partial charge in [0.15, 0.2) is 0 Å². The van der Waals surface area contributed by atoms with Gasteiger partial charge in [0.25, 0.3) is 5.91 Å². The second kappa shape index (κ2) is 8.35. The largest absolute Gasteiger partial charge is 0.352 e. The topological polar surface area (TPSA) is 94.0 Å². The van der Waals surface area contributed by atoms with Gasteiger partial charge in [-0.25, -0.2) is 0 Å². The minimum Gasteiger partial charge on any atom is -0.352 e. The zero-order chi connectivity index (χ0) is 20.1. The first kappa shape index (κ1) is 19.8. The molecule has 28 heavy (non-hydrogen) atoms. The summed E-state index contributed by atoms with van der Waals surface area (Å²) >= 11 is 0. The summed E-state index contributed by atoms with van der Waals surface area (Å²) in [6, 6.07) is 15.4. The molecule has 0 aliphatic heterocycles. The average Bonchev–Trinajstić information content (AvgIpc) is 3.16. The Bertz CT molecular complexity index is 922. The molecule has 1 aromatic heterocycles. The number of nitrogens with zero attached hydrogens (tertiary/aromatic N) is 2. The lowest BCUT2D eigenvalue weighted by molar-refractivity contribution is 0.0953. The van der Waals surface area contributed by atoms with E-state index in [9.17, 15) is 4.79 Å². The summed E-state index contributed by atoms with van der Waals surface area (Å²) in [5, 5.41) is 6.89. The van der Waals surface area contributed by atoms with Gasteiger partial charge in [-0.1, -0.05) is 62.3 Å². The van der Waals surface area contributed by atoms with E-state index in [4.69, 9.17) is 10.3 Å². The van der Waals surface area contributed by atoms with Gasteiger partial charge in [0.05, 0.1) is 0 Å². The molecule has 0 bridgehead atoms. The van der Waals surface area contributed by atoms with Crippen molar-refractivity contribution in [2.45, 2.75) is 39.2 Å². The molecular weight excluding hydrogens is 352 g/mol. The number of aromatic nitrogens is 2. The van der Waals surface area contributed by atoms with E-state index in [1.54, 1.807) is 0 Å². The molecule has 6 heteroatoms. The molecule has 0 aliphatic carbocycles. The first-order valence-corrected chi connectivity index (χ1v) is 9.37. The molecule has 0 atom stereocenters. The molecule has 6 nitrogen and oxygen atoms in total. The summed E-state index contributed by atoms with van der Waals surface area (Å²) in [6.07, 6.45) is 0.472. The molecule has 0 spiro atoms. The number of benzene rings is 2. The van der Waals surface area contributed by atoms with Crippen LogP contribution in [0.2, 0.25) is 0 Å². The maximum Gasteiger partial charge on any atom is 0.251 e. The van der Waals surface area contributed by atoms with Crippen molar-refractivity contribution >= 4 is 5.91 Å².